The summed E-state index contributed by atoms with van der Waals surface area (Å²) in [4.78, 5) is 31.6. The van der Waals surface area contributed by atoms with Gasteiger partial charge < -0.3 is 9.80 Å². The normalized spacial score (nSPS) is 19.1. The molecule has 0 aromatic carbocycles. The Labute approximate surface area is 118 Å². The van der Waals surface area contributed by atoms with E-state index in [1.807, 2.05) is 0 Å². The van der Waals surface area contributed by atoms with Crippen molar-refractivity contribution in [2.75, 3.05) is 20.6 Å². The minimum Gasteiger partial charge on any atom is -0.347 e. The number of hydrogen-bond acceptors (Lipinski definition) is 4. The van der Waals surface area contributed by atoms with Crippen molar-refractivity contribution in [2.45, 2.75) is 18.9 Å². The van der Waals surface area contributed by atoms with Crippen molar-refractivity contribution >= 4 is 39.1 Å². The predicted octanol–water partition coefficient (Wildman–Crippen LogP) is 1.60. The standard InChI is InChI=1S/C11H14BrN3O2S/c1-14(2)10(17)8-4-3-5-15(8)9(16)7-6-18-11(12)13-7/h6,8H,3-5H2,1-2H3. The monoisotopic (exact) mass is 331 g/mol. The van der Waals surface area contributed by atoms with Gasteiger partial charge in [-0.1, -0.05) is 0 Å². The van der Waals surface area contributed by atoms with Gasteiger partial charge in [-0.2, -0.15) is 0 Å². The number of halogens is 1. The molecule has 1 fully saturated rings. The Kier molecular flexibility index (Phi) is 4.01. The van der Waals surface area contributed by atoms with Crippen LogP contribution in [0.5, 0.6) is 0 Å². The van der Waals surface area contributed by atoms with E-state index < -0.39 is 0 Å². The lowest BCUT2D eigenvalue weighted by molar-refractivity contribution is -0.132. The molecular formula is C11H14BrN3O2S. The van der Waals surface area contributed by atoms with Crippen molar-refractivity contribution in [3.63, 3.8) is 0 Å². The minimum absolute atomic E-state index is 0.0184. The van der Waals surface area contributed by atoms with Crippen LogP contribution in [0.4, 0.5) is 0 Å². The maximum Gasteiger partial charge on any atom is 0.274 e. The summed E-state index contributed by atoms with van der Waals surface area (Å²) < 4.78 is 0.681. The number of carbonyl (C=O) groups is 2. The number of rotatable bonds is 2. The van der Waals surface area contributed by atoms with Crippen molar-refractivity contribution < 1.29 is 9.59 Å². The molecule has 2 rings (SSSR count). The summed E-state index contributed by atoms with van der Waals surface area (Å²) in [7, 11) is 3.42. The molecule has 1 aromatic rings. The highest BCUT2D eigenvalue weighted by Crippen LogP contribution is 2.23. The molecule has 98 valence electrons. The first kappa shape index (κ1) is 13.5. The van der Waals surface area contributed by atoms with Gasteiger partial charge >= 0.3 is 0 Å². The molecule has 2 amide bonds. The molecule has 7 heteroatoms. The second kappa shape index (κ2) is 5.36. The zero-order valence-corrected chi connectivity index (χ0v) is 12.6. The lowest BCUT2D eigenvalue weighted by atomic mass is 10.2. The Morgan fingerprint density at radius 1 is 1.56 bits per heavy atom. The number of aromatic nitrogens is 1. The van der Waals surface area contributed by atoms with Crippen LogP contribution in [-0.2, 0) is 4.79 Å². The smallest absolute Gasteiger partial charge is 0.274 e. The molecule has 1 saturated heterocycles. The van der Waals surface area contributed by atoms with E-state index in [4.69, 9.17) is 0 Å². The molecule has 1 unspecified atom stereocenters. The Hall–Kier alpha value is -0.950. The van der Waals surface area contributed by atoms with Crippen LogP contribution in [0.25, 0.3) is 0 Å². The zero-order chi connectivity index (χ0) is 13.3. The van der Waals surface area contributed by atoms with E-state index in [1.165, 1.54) is 16.2 Å². The van der Waals surface area contributed by atoms with Gasteiger partial charge in [-0.05, 0) is 28.8 Å². The number of likely N-dealkylation sites (N-methyl/N-ethyl adjacent to an activating group) is 1. The van der Waals surface area contributed by atoms with Gasteiger partial charge in [-0.25, -0.2) is 4.98 Å². The molecule has 1 aromatic heterocycles. The summed E-state index contributed by atoms with van der Waals surface area (Å²) in [6, 6.07) is -0.340. The molecule has 18 heavy (non-hydrogen) atoms. The summed E-state index contributed by atoms with van der Waals surface area (Å²) >= 11 is 4.61. The summed E-state index contributed by atoms with van der Waals surface area (Å²) in [6.07, 6.45) is 1.59. The molecule has 1 aliphatic rings. The highest BCUT2D eigenvalue weighted by Gasteiger charge is 2.36. The summed E-state index contributed by atoms with van der Waals surface area (Å²) in [5, 5.41) is 1.71. The second-order valence-electron chi connectivity index (χ2n) is 4.37. The van der Waals surface area contributed by atoms with Gasteiger partial charge in [0.2, 0.25) is 5.91 Å². The van der Waals surface area contributed by atoms with Gasteiger partial charge in [0.25, 0.3) is 5.91 Å². The van der Waals surface area contributed by atoms with Crippen LogP contribution < -0.4 is 0 Å². The van der Waals surface area contributed by atoms with Crippen molar-refractivity contribution in [3.05, 3.63) is 15.0 Å². The molecule has 1 atom stereocenters. The van der Waals surface area contributed by atoms with Crippen LogP contribution in [0.1, 0.15) is 23.3 Å². The molecular weight excluding hydrogens is 318 g/mol. The average molecular weight is 332 g/mol. The molecule has 0 radical (unpaired) electrons. The van der Waals surface area contributed by atoms with Crippen LogP contribution >= 0.6 is 27.3 Å². The molecule has 0 aliphatic carbocycles. The molecule has 2 heterocycles. The Bertz CT molecular complexity index is 475. The summed E-state index contributed by atoms with van der Waals surface area (Å²) in [6.45, 7) is 0.623. The molecule has 0 spiro atoms. The number of amides is 2. The van der Waals surface area contributed by atoms with E-state index in [9.17, 15) is 9.59 Å². The lowest BCUT2D eigenvalue weighted by Crippen LogP contribution is -2.45. The number of nitrogens with zero attached hydrogens (tertiary/aromatic N) is 3. The van der Waals surface area contributed by atoms with Gasteiger partial charge in [-0.3, -0.25) is 9.59 Å². The summed E-state index contributed by atoms with van der Waals surface area (Å²) in [5.41, 5.74) is 0.408. The van der Waals surface area contributed by atoms with Crippen molar-refractivity contribution in [2.24, 2.45) is 0 Å². The minimum atomic E-state index is -0.340. The predicted molar refractivity (Wildman–Crippen MR) is 72.6 cm³/mol. The largest absolute Gasteiger partial charge is 0.347 e. The molecule has 0 saturated carbocycles. The third-order valence-electron chi connectivity index (χ3n) is 2.93. The number of hydrogen-bond donors (Lipinski definition) is 0. The Balaban J connectivity index is 2.17. The summed E-state index contributed by atoms with van der Waals surface area (Å²) in [5.74, 6) is -0.176. The van der Waals surface area contributed by atoms with Crippen molar-refractivity contribution in [3.8, 4) is 0 Å². The fourth-order valence-electron chi connectivity index (χ4n) is 2.06. The second-order valence-corrected chi connectivity index (χ2v) is 6.51. The van der Waals surface area contributed by atoms with Gasteiger partial charge in [0, 0.05) is 26.0 Å². The quantitative estimate of drug-likeness (QED) is 0.827. The first-order valence-electron chi connectivity index (χ1n) is 5.64. The number of carbonyl (C=O) groups excluding carboxylic acids is 2. The van der Waals surface area contributed by atoms with E-state index in [1.54, 1.807) is 24.4 Å². The van der Waals surface area contributed by atoms with Crippen LogP contribution in [0.15, 0.2) is 9.30 Å². The van der Waals surface area contributed by atoms with Gasteiger partial charge in [0.15, 0.2) is 3.92 Å². The molecule has 0 bridgehead atoms. The highest BCUT2D eigenvalue weighted by atomic mass is 79.9. The number of likely N-dealkylation sites (tertiary alicyclic amines) is 1. The van der Waals surface area contributed by atoms with E-state index >= 15 is 0 Å². The van der Waals surface area contributed by atoms with Crippen molar-refractivity contribution in [1.29, 1.82) is 0 Å². The fourth-order valence-corrected chi connectivity index (χ4v) is 3.05. The molecule has 5 nitrogen and oxygen atoms in total. The SMILES string of the molecule is CN(C)C(=O)C1CCCN1C(=O)c1csc(Br)n1. The van der Waals surface area contributed by atoms with E-state index in [-0.39, 0.29) is 17.9 Å². The van der Waals surface area contributed by atoms with E-state index in [2.05, 4.69) is 20.9 Å². The third-order valence-corrected chi connectivity index (χ3v) is 4.30. The van der Waals surface area contributed by atoms with Crippen LogP contribution in [0.3, 0.4) is 0 Å². The first-order chi connectivity index (χ1) is 8.50. The Morgan fingerprint density at radius 3 is 2.83 bits per heavy atom. The van der Waals surface area contributed by atoms with Crippen LogP contribution in [0, 0.1) is 0 Å². The van der Waals surface area contributed by atoms with E-state index in [0.29, 0.717) is 16.2 Å². The maximum absolute atomic E-state index is 12.3. The van der Waals surface area contributed by atoms with Gasteiger partial charge in [0.05, 0.1) is 0 Å². The van der Waals surface area contributed by atoms with Crippen molar-refractivity contribution in [1.82, 2.24) is 14.8 Å². The third kappa shape index (κ3) is 2.56. The van der Waals surface area contributed by atoms with E-state index in [0.717, 1.165) is 12.8 Å². The topological polar surface area (TPSA) is 53.5 Å². The van der Waals surface area contributed by atoms with Crippen LogP contribution in [-0.4, -0.2) is 53.3 Å². The fraction of sp³-hybridized carbons (Fsp3) is 0.545. The van der Waals surface area contributed by atoms with Gasteiger partial charge in [-0.15, -0.1) is 11.3 Å². The Morgan fingerprint density at radius 2 is 2.28 bits per heavy atom. The first-order valence-corrected chi connectivity index (χ1v) is 7.31. The molecule has 0 N–H and O–H groups in total. The maximum atomic E-state index is 12.3. The zero-order valence-electron chi connectivity index (χ0n) is 10.2. The number of thiazole rings is 1. The van der Waals surface area contributed by atoms with Gasteiger partial charge in [0.1, 0.15) is 11.7 Å². The lowest BCUT2D eigenvalue weighted by Gasteiger charge is -2.25. The molecule has 1 aliphatic heterocycles. The van der Waals surface area contributed by atoms with Crippen LogP contribution in [0.2, 0.25) is 0 Å². The highest BCUT2D eigenvalue weighted by molar-refractivity contribution is 9.11. The average Bonchev–Trinajstić information content (AvgIpc) is 2.95.